The van der Waals surface area contributed by atoms with Gasteiger partial charge in [0.2, 0.25) is 0 Å². The van der Waals surface area contributed by atoms with Crippen LogP contribution < -0.4 is 14.2 Å². The molecule has 0 atom stereocenters. The largest absolute Gasteiger partial charge is 0.495 e. The first-order valence-electron chi connectivity index (χ1n) is 13.3. The van der Waals surface area contributed by atoms with Crippen LogP contribution in [0.3, 0.4) is 0 Å². The first-order chi connectivity index (χ1) is 18.5. The third kappa shape index (κ3) is 4.48. The van der Waals surface area contributed by atoms with Gasteiger partial charge >= 0.3 is 11.9 Å². The minimum Gasteiger partial charge on any atom is -0.495 e. The zero-order chi connectivity index (χ0) is 28.2. The number of hydrogen-bond donors (Lipinski definition) is 0. The number of benzene rings is 2. The molecule has 0 aromatic heterocycles. The molecule has 0 unspecified atom stereocenters. The van der Waals surface area contributed by atoms with E-state index in [1.807, 2.05) is 20.8 Å². The van der Waals surface area contributed by atoms with Crippen molar-refractivity contribution < 1.29 is 33.3 Å². The van der Waals surface area contributed by atoms with Gasteiger partial charge in [-0.1, -0.05) is 37.0 Å². The van der Waals surface area contributed by atoms with Gasteiger partial charge in [-0.05, 0) is 75.0 Å². The predicted molar refractivity (Wildman–Crippen MR) is 146 cm³/mol. The van der Waals surface area contributed by atoms with Crippen LogP contribution in [0.2, 0.25) is 10.0 Å². The third-order valence-corrected chi connectivity index (χ3v) is 9.61. The number of Topliss-reactive ketones (excluding diaryl/α,β-unsaturated/α-hetero) is 1. The van der Waals surface area contributed by atoms with Crippen LogP contribution in [0, 0.1) is 30.1 Å². The number of esters is 2. The Hall–Kier alpha value is -2.77. The van der Waals surface area contributed by atoms with Gasteiger partial charge in [0.1, 0.15) is 23.7 Å². The fraction of sp³-hybridized carbons (Fsp3) is 0.500. The van der Waals surface area contributed by atoms with Crippen molar-refractivity contribution in [3.63, 3.8) is 0 Å². The van der Waals surface area contributed by atoms with E-state index in [9.17, 15) is 14.4 Å². The van der Waals surface area contributed by atoms with Crippen LogP contribution in [-0.4, -0.2) is 24.8 Å². The molecule has 0 radical (unpaired) electrons. The molecule has 2 aromatic rings. The molecule has 2 aromatic carbocycles. The Morgan fingerprint density at radius 3 is 2.31 bits per heavy atom. The molecule has 9 heteroatoms. The number of ether oxygens (including phenoxy) is 4. The van der Waals surface area contributed by atoms with Crippen molar-refractivity contribution in [1.82, 2.24) is 0 Å². The van der Waals surface area contributed by atoms with Crippen molar-refractivity contribution in [2.45, 2.75) is 66.4 Å². The van der Waals surface area contributed by atoms with Gasteiger partial charge in [-0.25, -0.2) is 4.79 Å². The molecular formula is C30H32Cl2O7. The summed E-state index contributed by atoms with van der Waals surface area (Å²) in [5, 5.41) is 0.388. The van der Waals surface area contributed by atoms with Crippen molar-refractivity contribution in [2.75, 3.05) is 7.11 Å². The summed E-state index contributed by atoms with van der Waals surface area (Å²) in [5.74, 6) is -0.364. The van der Waals surface area contributed by atoms with Crippen LogP contribution in [0.5, 0.6) is 23.0 Å². The molecule has 1 aliphatic heterocycles. The molecule has 0 N–H and O–H groups in total. The summed E-state index contributed by atoms with van der Waals surface area (Å²) in [6, 6.07) is 3.06. The highest BCUT2D eigenvalue weighted by molar-refractivity contribution is 6.38. The van der Waals surface area contributed by atoms with Crippen LogP contribution >= 0.6 is 23.2 Å². The average Bonchev–Trinajstić information content (AvgIpc) is 3.40. The zero-order valence-electron chi connectivity index (χ0n) is 22.7. The number of hydrogen-bond acceptors (Lipinski definition) is 7. The standard InChI is InChI=1S/C30H32Cl2O7/c1-14(2)12-20(33)18-10-11-21-22(25(18)36-5)28(34)37-13-19-23(31)15(3)24(32)27(26(19)38-21)39-29(35)30(4)16-6-7-17(30)9-8-16/h10-11,14,16-17H,6-9,12-13H2,1-5H3. The molecule has 5 rings (SSSR count). The lowest BCUT2D eigenvalue weighted by molar-refractivity contribution is -0.147. The summed E-state index contributed by atoms with van der Waals surface area (Å²) in [5.41, 5.74) is 0.419. The van der Waals surface area contributed by atoms with Crippen molar-refractivity contribution in [3.8, 4) is 23.0 Å². The Balaban J connectivity index is 1.62. The van der Waals surface area contributed by atoms with Crippen LogP contribution in [-0.2, 0) is 16.1 Å². The fourth-order valence-electron chi connectivity index (χ4n) is 6.39. The molecule has 2 bridgehead atoms. The van der Waals surface area contributed by atoms with Gasteiger partial charge in [-0.3, -0.25) is 9.59 Å². The van der Waals surface area contributed by atoms with E-state index in [0.29, 0.717) is 11.1 Å². The van der Waals surface area contributed by atoms with Gasteiger partial charge in [0.15, 0.2) is 17.3 Å². The molecule has 0 amide bonds. The van der Waals surface area contributed by atoms with E-state index < -0.39 is 11.4 Å². The van der Waals surface area contributed by atoms with E-state index in [-0.39, 0.29) is 86.7 Å². The number of cyclic esters (lactones) is 1. The maximum atomic E-state index is 13.7. The van der Waals surface area contributed by atoms with E-state index in [2.05, 4.69) is 0 Å². The molecule has 2 aliphatic carbocycles. The third-order valence-electron chi connectivity index (χ3n) is 8.64. The quantitative estimate of drug-likeness (QED) is 0.198. The fourth-order valence-corrected chi connectivity index (χ4v) is 6.90. The summed E-state index contributed by atoms with van der Waals surface area (Å²) in [4.78, 5) is 39.8. The molecule has 3 aliphatic rings. The summed E-state index contributed by atoms with van der Waals surface area (Å²) in [7, 11) is 1.38. The molecule has 0 spiro atoms. The molecule has 7 nitrogen and oxygen atoms in total. The van der Waals surface area contributed by atoms with Crippen LogP contribution in [0.1, 0.15) is 84.7 Å². The summed E-state index contributed by atoms with van der Waals surface area (Å²) in [6.07, 6.45) is 4.27. The Morgan fingerprint density at radius 2 is 1.72 bits per heavy atom. The molecular weight excluding hydrogens is 543 g/mol. The highest BCUT2D eigenvalue weighted by atomic mass is 35.5. The number of carbonyl (C=O) groups excluding carboxylic acids is 3. The zero-order valence-corrected chi connectivity index (χ0v) is 24.3. The summed E-state index contributed by atoms with van der Waals surface area (Å²) >= 11 is 13.4. The monoisotopic (exact) mass is 574 g/mol. The van der Waals surface area contributed by atoms with E-state index in [1.54, 1.807) is 13.0 Å². The number of halogens is 2. The van der Waals surface area contributed by atoms with Gasteiger partial charge in [0.05, 0.1) is 33.7 Å². The second-order valence-electron chi connectivity index (χ2n) is 11.3. The van der Waals surface area contributed by atoms with E-state index in [1.165, 1.54) is 13.2 Å². The molecule has 0 saturated heterocycles. The molecule has 2 saturated carbocycles. The Kier molecular flexibility index (Phi) is 7.36. The first kappa shape index (κ1) is 27.8. The number of rotatable bonds is 6. The Morgan fingerprint density at radius 1 is 1.08 bits per heavy atom. The maximum absolute atomic E-state index is 13.7. The van der Waals surface area contributed by atoms with Crippen LogP contribution in [0.25, 0.3) is 0 Å². The minimum atomic E-state index is -0.732. The summed E-state index contributed by atoms with van der Waals surface area (Å²) < 4.78 is 23.5. The number of fused-ring (bicyclic) bond motifs is 4. The summed E-state index contributed by atoms with van der Waals surface area (Å²) in [6.45, 7) is 7.28. The maximum Gasteiger partial charge on any atom is 0.346 e. The van der Waals surface area contributed by atoms with Gasteiger partial charge in [0.25, 0.3) is 0 Å². The van der Waals surface area contributed by atoms with E-state index in [0.717, 1.165) is 25.7 Å². The number of ketones is 1. The molecule has 2 fully saturated rings. The SMILES string of the molecule is COc1c(C(=O)CC(C)C)ccc2c1C(=O)OCc1c(Cl)c(C)c(Cl)c(OC(=O)C3(C)C4CCC3CC4)c1O2. The van der Waals surface area contributed by atoms with Gasteiger partial charge in [0, 0.05) is 6.42 Å². The Bertz CT molecular complexity index is 1360. The van der Waals surface area contributed by atoms with Crippen molar-refractivity contribution in [1.29, 1.82) is 0 Å². The van der Waals surface area contributed by atoms with E-state index in [4.69, 9.17) is 42.1 Å². The average molecular weight is 575 g/mol. The highest BCUT2D eigenvalue weighted by Crippen LogP contribution is 2.59. The number of methoxy groups -OCH3 is 1. The molecule has 208 valence electrons. The lowest BCUT2D eigenvalue weighted by atomic mass is 9.80. The highest BCUT2D eigenvalue weighted by Gasteiger charge is 2.57. The van der Waals surface area contributed by atoms with Gasteiger partial charge in [-0.2, -0.15) is 0 Å². The van der Waals surface area contributed by atoms with E-state index >= 15 is 0 Å². The predicted octanol–water partition coefficient (Wildman–Crippen LogP) is 7.73. The second-order valence-corrected chi connectivity index (χ2v) is 12.1. The van der Waals surface area contributed by atoms with Crippen molar-refractivity contribution in [3.05, 3.63) is 44.4 Å². The topological polar surface area (TPSA) is 88.1 Å². The normalized spacial score (nSPS) is 23.3. The van der Waals surface area contributed by atoms with Crippen LogP contribution in [0.15, 0.2) is 12.1 Å². The van der Waals surface area contributed by atoms with Crippen LogP contribution in [0.4, 0.5) is 0 Å². The van der Waals surface area contributed by atoms with Crippen molar-refractivity contribution >= 4 is 40.9 Å². The lowest BCUT2D eigenvalue weighted by Gasteiger charge is -2.29. The van der Waals surface area contributed by atoms with Gasteiger partial charge < -0.3 is 18.9 Å². The molecule has 1 heterocycles. The smallest absolute Gasteiger partial charge is 0.346 e. The number of carbonyl (C=O) groups is 3. The van der Waals surface area contributed by atoms with Gasteiger partial charge in [-0.15, -0.1) is 0 Å². The molecule has 39 heavy (non-hydrogen) atoms. The van der Waals surface area contributed by atoms with Crippen molar-refractivity contribution in [2.24, 2.45) is 23.2 Å². The first-order valence-corrected chi connectivity index (χ1v) is 14.1. The Labute approximate surface area is 238 Å². The lowest BCUT2D eigenvalue weighted by Crippen LogP contribution is -2.36. The minimum absolute atomic E-state index is 0.0360. The second kappa shape index (κ2) is 10.3.